The molecular formula is C18H34O3. The summed E-state index contributed by atoms with van der Waals surface area (Å²) in [5, 5.41) is 0. The van der Waals surface area contributed by atoms with Crippen molar-refractivity contribution in [2.45, 2.75) is 41.0 Å². The Morgan fingerprint density at radius 3 is 1.48 bits per heavy atom. The Morgan fingerprint density at radius 1 is 1.00 bits per heavy atom. The van der Waals surface area contributed by atoms with E-state index >= 15 is 0 Å². The smallest absolute Gasteiger partial charge is 0.154 e. The van der Waals surface area contributed by atoms with Crippen LogP contribution in [-0.4, -0.2) is 25.6 Å². The van der Waals surface area contributed by atoms with Crippen LogP contribution in [-0.2, 0) is 14.3 Å². The summed E-state index contributed by atoms with van der Waals surface area (Å²) in [5.74, 6) is 0.0648. The maximum Gasteiger partial charge on any atom is 0.154 e. The standard InChI is InChI=1S/C5H8O.C5H10O.C4H8O.C4H8/c1-4(2)5(3)6;1-3-5-6-4-2;1-3-5-4-2;1-3-4-2/h1H2,2-3H3;3H,1,4-5H2,2H3;3H,1,4H2,2H3;3H,1,4H2,2H3. The van der Waals surface area contributed by atoms with E-state index in [0.717, 1.165) is 19.6 Å². The first-order chi connectivity index (χ1) is 9.89. The van der Waals surface area contributed by atoms with Gasteiger partial charge in [-0.2, -0.15) is 0 Å². The SMILES string of the molecule is C=C(C)C(C)=O.C=CCC.C=CCOCC.C=COCC. The summed E-state index contributed by atoms with van der Waals surface area (Å²) >= 11 is 0. The van der Waals surface area contributed by atoms with Crippen LogP contribution in [0.4, 0.5) is 0 Å². The Balaban J connectivity index is -0.0000000929. The zero-order chi connectivity index (χ0) is 17.5. The summed E-state index contributed by atoms with van der Waals surface area (Å²) < 4.78 is 9.46. The van der Waals surface area contributed by atoms with E-state index in [2.05, 4.69) is 38.0 Å². The lowest BCUT2D eigenvalue weighted by molar-refractivity contribution is -0.113. The number of allylic oxidation sites excluding steroid dienone is 2. The molecule has 0 amide bonds. The summed E-state index contributed by atoms with van der Waals surface area (Å²) in [6.07, 6.45) is 6.13. The van der Waals surface area contributed by atoms with Crippen molar-refractivity contribution in [1.29, 1.82) is 0 Å². The third kappa shape index (κ3) is 70.2. The highest BCUT2D eigenvalue weighted by molar-refractivity contribution is 5.91. The minimum absolute atomic E-state index is 0.0648. The number of carbonyl (C=O) groups excluding carboxylic acids is 1. The molecule has 0 aromatic rings. The minimum atomic E-state index is 0.0648. The van der Waals surface area contributed by atoms with Crippen LogP contribution in [0, 0.1) is 0 Å². The molecule has 0 fully saturated rings. The Kier molecular flexibility index (Phi) is 40.9. The summed E-state index contributed by atoms with van der Waals surface area (Å²) in [5.41, 5.74) is 0.620. The van der Waals surface area contributed by atoms with Crippen molar-refractivity contribution in [3.05, 3.63) is 50.3 Å². The van der Waals surface area contributed by atoms with Gasteiger partial charge in [-0.15, -0.1) is 13.2 Å². The first-order valence-electron chi connectivity index (χ1n) is 7.07. The minimum Gasteiger partial charge on any atom is -0.502 e. The van der Waals surface area contributed by atoms with Crippen LogP contribution in [0.2, 0.25) is 0 Å². The van der Waals surface area contributed by atoms with E-state index in [1.807, 2.05) is 19.9 Å². The van der Waals surface area contributed by atoms with Gasteiger partial charge in [0.25, 0.3) is 0 Å². The van der Waals surface area contributed by atoms with E-state index in [1.54, 1.807) is 13.0 Å². The molecule has 0 saturated carbocycles. The number of ketones is 1. The first-order valence-corrected chi connectivity index (χ1v) is 7.07. The van der Waals surface area contributed by atoms with Crippen LogP contribution in [0.5, 0.6) is 0 Å². The molecule has 0 aliphatic carbocycles. The zero-order valence-corrected chi connectivity index (χ0v) is 14.6. The second kappa shape index (κ2) is 31.0. The number of Topliss-reactive ketones (excluding diaryl/α,β-unsaturated/α-hetero) is 1. The maximum atomic E-state index is 10.0. The molecule has 0 aliphatic heterocycles. The third-order valence-electron chi connectivity index (χ3n) is 1.61. The predicted octanol–water partition coefficient (Wildman–Crippen LogP) is 5.11. The van der Waals surface area contributed by atoms with Crippen molar-refractivity contribution in [2.75, 3.05) is 19.8 Å². The van der Waals surface area contributed by atoms with Crippen molar-refractivity contribution < 1.29 is 14.3 Å². The normalized spacial score (nSPS) is 7.29. The topological polar surface area (TPSA) is 35.5 Å². The highest BCUT2D eigenvalue weighted by Gasteiger charge is 1.85. The van der Waals surface area contributed by atoms with Gasteiger partial charge < -0.3 is 9.47 Å². The van der Waals surface area contributed by atoms with Gasteiger partial charge in [0, 0.05) is 6.61 Å². The summed E-state index contributed by atoms with van der Waals surface area (Å²) in [6, 6.07) is 0. The molecule has 124 valence electrons. The van der Waals surface area contributed by atoms with Gasteiger partial charge in [0.1, 0.15) is 0 Å². The molecule has 0 aliphatic rings. The molecule has 0 unspecified atom stereocenters. The van der Waals surface area contributed by atoms with Crippen LogP contribution in [0.3, 0.4) is 0 Å². The lowest BCUT2D eigenvalue weighted by Gasteiger charge is -1.88. The van der Waals surface area contributed by atoms with Gasteiger partial charge in [0.05, 0.1) is 19.5 Å². The quantitative estimate of drug-likeness (QED) is 0.283. The highest BCUT2D eigenvalue weighted by Crippen LogP contribution is 1.84. The fourth-order valence-electron chi connectivity index (χ4n) is 0.319. The fraction of sp³-hybridized carbons (Fsp3) is 0.500. The molecule has 0 spiro atoms. The van der Waals surface area contributed by atoms with Crippen molar-refractivity contribution in [2.24, 2.45) is 0 Å². The van der Waals surface area contributed by atoms with E-state index in [0.29, 0.717) is 12.2 Å². The molecule has 0 aromatic carbocycles. The average Bonchev–Trinajstić information content (AvgIpc) is 2.47. The van der Waals surface area contributed by atoms with Crippen molar-refractivity contribution in [1.82, 2.24) is 0 Å². The summed E-state index contributed by atoms with van der Waals surface area (Å²) in [7, 11) is 0. The number of hydrogen-bond donors (Lipinski definition) is 0. The van der Waals surface area contributed by atoms with Crippen molar-refractivity contribution in [3.8, 4) is 0 Å². The second-order valence-electron chi connectivity index (χ2n) is 3.60. The number of carbonyl (C=O) groups is 1. The van der Waals surface area contributed by atoms with Crippen LogP contribution < -0.4 is 0 Å². The largest absolute Gasteiger partial charge is 0.502 e. The van der Waals surface area contributed by atoms with Gasteiger partial charge in [-0.05, 0) is 39.7 Å². The molecule has 0 rings (SSSR count). The molecule has 3 nitrogen and oxygen atoms in total. The Morgan fingerprint density at radius 2 is 1.43 bits per heavy atom. The van der Waals surface area contributed by atoms with Gasteiger partial charge in [-0.25, -0.2) is 0 Å². The molecule has 0 N–H and O–H groups in total. The molecule has 0 bridgehead atoms. The Bertz CT molecular complexity index is 243. The number of hydrogen-bond acceptors (Lipinski definition) is 3. The molecule has 0 atom stereocenters. The van der Waals surface area contributed by atoms with Crippen LogP contribution in [0.15, 0.2) is 50.3 Å². The van der Waals surface area contributed by atoms with E-state index in [4.69, 9.17) is 4.74 Å². The Labute approximate surface area is 132 Å². The lowest BCUT2D eigenvalue weighted by atomic mass is 10.3. The third-order valence-corrected chi connectivity index (χ3v) is 1.61. The van der Waals surface area contributed by atoms with Gasteiger partial charge in [-0.1, -0.05) is 32.2 Å². The first kappa shape index (κ1) is 27.7. The maximum absolute atomic E-state index is 10.0. The number of rotatable bonds is 7. The van der Waals surface area contributed by atoms with Crippen LogP contribution >= 0.6 is 0 Å². The molecular weight excluding hydrogens is 264 g/mol. The second-order valence-corrected chi connectivity index (χ2v) is 3.60. The molecule has 3 heteroatoms. The van der Waals surface area contributed by atoms with E-state index in [-0.39, 0.29) is 5.78 Å². The van der Waals surface area contributed by atoms with E-state index in [9.17, 15) is 4.79 Å². The Hall–Kier alpha value is -1.61. The molecule has 0 aromatic heterocycles. The van der Waals surface area contributed by atoms with Crippen molar-refractivity contribution >= 4 is 5.78 Å². The fourth-order valence-corrected chi connectivity index (χ4v) is 0.319. The molecule has 21 heavy (non-hydrogen) atoms. The predicted molar refractivity (Wildman–Crippen MR) is 94.5 cm³/mol. The molecule has 0 heterocycles. The van der Waals surface area contributed by atoms with Gasteiger partial charge >= 0.3 is 0 Å². The average molecular weight is 298 g/mol. The van der Waals surface area contributed by atoms with Crippen LogP contribution in [0.1, 0.15) is 41.0 Å². The van der Waals surface area contributed by atoms with E-state index in [1.165, 1.54) is 13.2 Å². The van der Waals surface area contributed by atoms with Crippen molar-refractivity contribution in [3.63, 3.8) is 0 Å². The van der Waals surface area contributed by atoms with Gasteiger partial charge in [0.2, 0.25) is 0 Å². The van der Waals surface area contributed by atoms with Crippen LogP contribution in [0.25, 0.3) is 0 Å². The van der Waals surface area contributed by atoms with E-state index < -0.39 is 0 Å². The van der Waals surface area contributed by atoms with Gasteiger partial charge in [0.15, 0.2) is 5.78 Å². The highest BCUT2D eigenvalue weighted by atomic mass is 16.5. The zero-order valence-electron chi connectivity index (χ0n) is 14.6. The number of ether oxygens (including phenoxy) is 2. The summed E-state index contributed by atoms with van der Waals surface area (Å²) in [4.78, 5) is 10.0. The molecule has 0 radical (unpaired) electrons. The summed E-state index contributed by atoms with van der Waals surface area (Å²) in [6.45, 7) is 25.0. The monoisotopic (exact) mass is 298 g/mol. The molecule has 0 saturated heterocycles. The lowest BCUT2D eigenvalue weighted by Crippen LogP contribution is -1.86. The van der Waals surface area contributed by atoms with Gasteiger partial charge in [-0.3, -0.25) is 4.79 Å².